The Morgan fingerprint density at radius 3 is 2.73 bits per heavy atom. The van der Waals surface area contributed by atoms with E-state index in [4.69, 9.17) is 5.73 Å². The van der Waals surface area contributed by atoms with Gasteiger partial charge in [0.25, 0.3) is 0 Å². The monoisotopic (exact) mass is 266 g/mol. The molecule has 0 spiro atoms. The van der Waals surface area contributed by atoms with Crippen molar-refractivity contribution in [3.05, 3.63) is 33.9 Å². The highest BCUT2D eigenvalue weighted by atomic mass is 79.9. The maximum absolute atomic E-state index is 5.63. The predicted octanol–water partition coefficient (Wildman–Crippen LogP) is 2.98. The van der Waals surface area contributed by atoms with Gasteiger partial charge in [0.1, 0.15) is 0 Å². The van der Waals surface area contributed by atoms with E-state index in [1.807, 2.05) is 0 Å². The van der Waals surface area contributed by atoms with Gasteiger partial charge in [0.2, 0.25) is 0 Å². The Labute approximate surface area is 98.2 Å². The average Bonchev–Trinajstić information content (AvgIpc) is 2.44. The third kappa shape index (κ3) is 1.70. The number of aryl methyl sites for hydroxylation is 1. The first-order valence-electron chi connectivity index (χ1n) is 5.10. The fourth-order valence-electron chi connectivity index (χ4n) is 2.04. The predicted molar refractivity (Wildman–Crippen MR) is 68.2 cm³/mol. The van der Waals surface area contributed by atoms with Crippen LogP contribution < -0.4 is 5.73 Å². The topological polar surface area (TPSA) is 30.9 Å². The Bertz CT molecular complexity index is 500. The number of fused-ring (bicyclic) bond motifs is 1. The number of aromatic nitrogens is 1. The van der Waals surface area contributed by atoms with E-state index >= 15 is 0 Å². The van der Waals surface area contributed by atoms with Crippen molar-refractivity contribution in [1.82, 2.24) is 4.57 Å². The van der Waals surface area contributed by atoms with Crippen molar-refractivity contribution in [3.63, 3.8) is 0 Å². The zero-order valence-corrected chi connectivity index (χ0v) is 10.6. The molecule has 3 heteroatoms. The van der Waals surface area contributed by atoms with Crippen LogP contribution in [0.3, 0.4) is 0 Å². The fourth-order valence-corrected chi connectivity index (χ4v) is 2.40. The SMILES string of the molecule is Cc1c(C)n(CCN)c2ccc(Br)cc12. The summed E-state index contributed by atoms with van der Waals surface area (Å²) in [6, 6.07) is 6.40. The van der Waals surface area contributed by atoms with E-state index in [0.717, 1.165) is 11.0 Å². The van der Waals surface area contributed by atoms with Gasteiger partial charge in [0.15, 0.2) is 0 Å². The zero-order chi connectivity index (χ0) is 11.0. The van der Waals surface area contributed by atoms with Crippen LogP contribution in [0.25, 0.3) is 10.9 Å². The number of nitrogens with two attached hydrogens (primary N) is 1. The van der Waals surface area contributed by atoms with Crippen molar-refractivity contribution in [3.8, 4) is 0 Å². The smallest absolute Gasteiger partial charge is 0.0486 e. The van der Waals surface area contributed by atoms with Crippen LogP contribution in [0.4, 0.5) is 0 Å². The summed E-state index contributed by atoms with van der Waals surface area (Å²) in [5.41, 5.74) is 9.57. The lowest BCUT2D eigenvalue weighted by molar-refractivity contribution is 0.713. The van der Waals surface area contributed by atoms with E-state index in [-0.39, 0.29) is 0 Å². The van der Waals surface area contributed by atoms with Gasteiger partial charge in [-0.05, 0) is 37.6 Å². The summed E-state index contributed by atoms with van der Waals surface area (Å²) in [4.78, 5) is 0. The molecular formula is C12H15BrN2. The van der Waals surface area contributed by atoms with Crippen LogP contribution in [0.2, 0.25) is 0 Å². The molecule has 1 aromatic heterocycles. The van der Waals surface area contributed by atoms with E-state index in [2.05, 4.69) is 52.5 Å². The van der Waals surface area contributed by atoms with Crippen LogP contribution in [0, 0.1) is 13.8 Å². The average molecular weight is 267 g/mol. The van der Waals surface area contributed by atoms with Gasteiger partial charge >= 0.3 is 0 Å². The van der Waals surface area contributed by atoms with Gasteiger partial charge in [0, 0.05) is 34.2 Å². The third-order valence-corrected chi connectivity index (χ3v) is 3.45. The quantitative estimate of drug-likeness (QED) is 0.891. The van der Waals surface area contributed by atoms with Crippen LogP contribution in [0.1, 0.15) is 11.3 Å². The molecule has 0 unspecified atom stereocenters. The van der Waals surface area contributed by atoms with E-state index in [1.54, 1.807) is 0 Å². The third-order valence-electron chi connectivity index (χ3n) is 2.95. The van der Waals surface area contributed by atoms with Crippen LogP contribution in [-0.4, -0.2) is 11.1 Å². The lowest BCUT2D eigenvalue weighted by atomic mass is 10.2. The van der Waals surface area contributed by atoms with Crippen molar-refractivity contribution in [2.75, 3.05) is 6.54 Å². The highest BCUT2D eigenvalue weighted by molar-refractivity contribution is 9.10. The molecule has 0 atom stereocenters. The lowest BCUT2D eigenvalue weighted by Gasteiger charge is -2.05. The zero-order valence-electron chi connectivity index (χ0n) is 9.05. The highest BCUT2D eigenvalue weighted by Crippen LogP contribution is 2.27. The maximum Gasteiger partial charge on any atom is 0.0486 e. The molecule has 0 aliphatic heterocycles. The molecule has 0 fully saturated rings. The minimum absolute atomic E-state index is 0.681. The van der Waals surface area contributed by atoms with Crippen LogP contribution in [0.5, 0.6) is 0 Å². The molecular weight excluding hydrogens is 252 g/mol. The van der Waals surface area contributed by atoms with Crippen LogP contribution in [0.15, 0.2) is 22.7 Å². The molecule has 1 aromatic carbocycles. The molecule has 2 N–H and O–H groups in total. The molecule has 80 valence electrons. The summed E-state index contributed by atoms with van der Waals surface area (Å²) >= 11 is 3.51. The lowest BCUT2D eigenvalue weighted by Crippen LogP contribution is -2.10. The number of hydrogen-bond donors (Lipinski definition) is 1. The summed E-state index contributed by atoms with van der Waals surface area (Å²) in [7, 11) is 0. The van der Waals surface area contributed by atoms with Crippen molar-refractivity contribution in [2.45, 2.75) is 20.4 Å². The fraction of sp³-hybridized carbons (Fsp3) is 0.333. The highest BCUT2D eigenvalue weighted by Gasteiger charge is 2.09. The van der Waals surface area contributed by atoms with Gasteiger partial charge in [-0.15, -0.1) is 0 Å². The summed E-state index contributed by atoms with van der Waals surface area (Å²) in [5, 5.41) is 1.32. The number of halogens is 1. The van der Waals surface area contributed by atoms with E-state index < -0.39 is 0 Å². The molecule has 0 aliphatic rings. The number of hydrogen-bond acceptors (Lipinski definition) is 1. The molecule has 2 rings (SSSR count). The second-order valence-corrected chi connectivity index (χ2v) is 4.73. The van der Waals surface area contributed by atoms with E-state index in [1.165, 1.54) is 22.2 Å². The van der Waals surface area contributed by atoms with Crippen LogP contribution in [-0.2, 0) is 6.54 Å². The maximum atomic E-state index is 5.63. The first kappa shape index (κ1) is 10.7. The van der Waals surface area contributed by atoms with Gasteiger partial charge in [-0.1, -0.05) is 15.9 Å². The molecule has 0 amide bonds. The van der Waals surface area contributed by atoms with Crippen LogP contribution >= 0.6 is 15.9 Å². The van der Waals surface area contributed by atoms with Crippen molar-refractivity contribution >= 4 is 26.8 Å². The van der Waals surface area contributed by atoms with Gasteiger partial charge in [-0.3, -0.25) is 0 Å². The Kier molecular flexibility index (Phi) is 2.85. The van der Waals surface area contributed by atoms with Gasteiger partial charge in [-0.2, -0.15) is 0 Å². The van der Waals surface area contributed by atoms with Crippen molar-refractivity contribution in [2.24, 2.45) is 5.73 Å². The Hall–Kier alpha value is -0.800. The first-order chi connectivity index (χ1) is 7.15. The largest absolute Gasteiger partial charge is 0.343 e. The van der Waals surface area contributed by atoms with Gasteiger partial charge in [0.05, 0.1) is 0 Å². The molecule has 0 bridgehead atoms. The summed E-state index contributed by atoms with van der Waals surface area (Å²) in [6.07, 6.45) is 0. The van der Waals surface area contributed by atoms with Crippen molar-refractivity contribution in [1.29, 1.82) is 0 Å². The first-order valence-corrected chi connectivity index (χ1v) is 5.89. The Morgan fingerprint density at radius 1 is 1.33 bits per heavy atom. The minimum atomic E-state index is 0.681. The van der Waals surface area contributed by atoms with E-state index in [0.29, 0.717) is 6.54 Å². The molecule has 0 radical (unpaired) electrons. The summed E-state index contributed by atoms with van der Waals surface area (Å²) in [5.74, 6) is 0. The summed E-state index contributed by atoms with van der Waals surface area (Å²) < 4.78 is 3.42. The number of benzene rings is 1. The molecule has 2 nitrogen and oxygen atoms in total. The second-order valence-electron chi connectivity index (χ2n) is 3.81. The minimum Gasteiger partial charge on any atom is -0.343 e. The molecule has 0 aliphatic carbocycles. The van der Waals surface area contributed by atoms with Crippen molar-refractivity contribution < 1.29 is 0 Å². The standard InChI is InChI=1S/C12H15BrN2/c1-8-9(2)15(6-5-14)12-4-3-10(13)7-11(8)12/h3-4,7H,5-6,14H2,1-2H3. The summed E-state index contributed by atoms with van der Waals surface area (Å²) in [6.45, 7) is 5.88. The Balaban J connectivity index is 2.75. The molecule has 0 saturated carbocycles. The normalized spacial score (nSPS) is 11.2. The molecule has 0 saturated heterocycles. The van der Waals surface area contributed by atoms with Gasteiger partial charge < -0.3 is 10.3 Å². The molecule has 2 aromatic rings. The van der Waals surface area contributed by atoms with Gasteiger partial charge in [-0.25, -0.2) is 0 Å². The molecule has 1 heterocycles. The number of nitrogens with zero attached hydrogens (tertiary/aromatic N) is 1. The van der Waals surface area contributed by atoms with E-state index in [9.17, 15) is 0 Å². The number of rotatable bonds is 2. The second kappa shape index (κ2) is 3.99. The Morgan fingerprint density at radius 2 is 2.07 bits per heavy atom. The molecule has 15 heavy (non-hydrogen) atoms.